The minimum absolute atomic E-state index is 0.0530. The third-order valence-corrected chi connectivity index (χ3v) is 2.86. The monoisotopic (exact) mass is 323 g/mol. The van der Waals surface area contributed by atoms with Crippen molar-refractivity contribution in [1.29, 1.82) is 0 Å². The number of carbonyl (C=O) groups excluding carboxylic acids is 1. The minimum atomic E-state index is -4.57. The van der Waals surface area contributed by atoms with Crippen molar-refractivity contribution in [3.8, 4) is 6.01 Å². The Kier molecular flexibility index (Phi) is 4.99. The number of likely N-dealkylation sites (tertiary alicyclic amines) is 1. The largest absolute Gasteiger partial charge is 0.458 e. The highest BCUT2D eigenvalue weighted by molar-refractivity contribution is 5.67. The number of piperidine rings is 1. The zero-order valence-corrected chi connectivity index (χ0v) is 11.3. The third-order valence-electron chi connectivity index (χ3n) is 2.86. The molecule has 2 rings (SSSR count). The lowest BCUT2D eigenvalue weighted by Gasteiger charge is -2.31. The predicted octanol–water partition coefficient (Wildman–Crippen LogP) is 2.16. The van der Waals surface area contributed by atoms with Crippen LogP contribution in [0.4, 0.5) is 22.4 Å². The Hall–Kier alpha value is -2.13. The van der Waals surface area contributed by atoms with E-state index in [1.807, 2.05) is 0 Å². The summed E-state index contributed by atoms with van der Waals surface area (Å²) >= 11 is 0. The smallest absolute Gasteiger partial charge is 0.422 e. The van der Waals surface area contributed by atoms with Crippen molar-refractivity contribution in [1.82, 2.24) is 14.9 Å². The van der Waals surface area contributed by atoms with Gasteiger partial charge in [0.15, 0.2) is 12.4 Å². The number of carbonyl (C=O) groups is 1. The maximum Gasteiger partial charge on any atom is 0.422 e. The van der Waals surface area contributed by atoms with E-state index >= 15 is 0 Å². The Morgan fingerprint density at radius 1 is 1.36 bits per heavy atom. The fourth-order valence-corrected chi connectivity index (χ4v) is 1.95. The number of ether oxygens (including phenoxy) is 2. The Labute approximate surface area is 123 Å². The molecule has 2 heterocycles. The van der Waals surface area contributed by atoms with Crippen LogP contribution >= 0.6 is 0 Å². The van der Waals surface area contributed by atoms with Crippen molar-refractivity contribution in [2.24, 2.45) is 0 Å². The van der Waals surface area contributed by atoms with Crippen LogP contribution in [-0.4, -0.2) is 52.9 Å². The number of hydrogen-bond donors (Lipinski definition) is 0. The van der Waals surface area contributed by atoms with Gasteiger partial charge < -0.3 is 14.4 Å². The molecule has 1 aromatic heterocycles. The van der Waals surface area contributed by atoms with Gasteiger partial charge in [-0.2, -0.15) is 13.2 Å². The maximum absolute atomic E-state index is 12.7. The van der Waals surface area contributed by atoms with Gasteiger partial charge in [-0.1, -0.05) is 0 Å². The lowest BCUT2D eigenvalue weighted by molar-refractivity contribution is -0.162. The van der Waals surface area contributed by atoms with Crippen molar-refractivity contribution in [3.63, 3.8) is 0 Å². The molecule has 1 fully saturated rings. The van der Waals surface area contributed by atoms with Gasteiger partial charge in [-0.05, 0) is 12.8 Å². The van der Waals surface area contributed by atoms with Gasteiger partial charge in [0.2, 0.25) is 0 Å². The van der Waals surface area contributed by atoms with Crippen LogP contribution in [0.1, 0.15) is 12.8 Å². The minimum Gasteiger partial charge on any atom is -0.458 e. The summed E-state index contributed by atoms with van der Waals surface area (Å²) in [7, 11) is 0. The second-order valence-corrected chi connectivity index (χ2v) is 4.68. The standard InChI is InChI=1S/C12H13F4N3O3/c13-8-4-17-10(18-5-8)22-9-2-1-3-19(6-9)11(20)21-7-12(14,15)16/h4-5,9H,1-3,6-7H2. The molecule has 0 saturated carbocycles. The first-order chi connectivity index (χ1) is 10.3. The Bertz CT molecular complexity index is 509. The SMILES string of the molecule is O=C(OCC(F)(F)F)N1CCCC(Oc2ncc(F)cn2)C1. The van der Waals surface area contributed by atoms with E-state index in [1.165, 1.54) is 0 Å². The van der Waals surface area contributed by atoms with Gasteiger partial charge in [0.25, 0.3) is 0 Å². The fraction of sp³-hybridized carbons (Fsp3) is 0.583. The molecular weight excluding hydrogens is 310 g/mol. The van der Waals surface area contributed by atoms with Gasteiger partial charge >= 0.3 is 18.3 Å². The van der Waals surface area contributed by atoms with E-state index in [0.29, 0.717) is 12.8 Å². The number of alkyl halides is 3. The molecule has 22 heavy (non-hydrogen) atoms. The molecule has 0 radical (unpaired) electrons. The van der Waals surface area contributed by atoms with Crippen molar-refractivity contribution in [2.45, 2.75) is 25.1 Å². The lowest BCUT2D eigenvalue weighted by Crippen LogP contribution is -2.45. The number of hydrogen-bond acceptors (Lipinski definition) is 5. The summed E-state index contributed by atoms with van der Waals surface area (Å²) < 4.78 is 58.3. The molecule has 1 aromatic rings. The van der Waals surface area contributed by atoms with Gasteiger partial charge in [-0.3, -0.25) is 0 Å². The summed E-state index contributed by atoms with van der Waals surface area (Å²) in [6, 6.07) is -0.0584. The van der Waals surface area contributed by atoms with Gasteiger partial charge in [0, 0.05) is 6.54 Å². The topological polar surface area (TPSA) is 64.5 Å². The van der Waals surface area contributed by atoms with E-state index in [-0.39, 0.29) is 19.1 Å². The molecule has 0 aliphatic carbocycles. The van der Waals surface area contributed by atoms with Gasteiger partial charge in [-0.15, -0.1) is 0 Å². The van der Waals surface area contributed by atoms with Gasteiger partial charge in [0.05, 0.1) is 18.9 Å². The van der Waals surface area contributed by atoms with Crippen molar-refractivity contribution >= 4 is 6.09 Å². The van der Waals surface area contributed by atoms with E-state index in [0.717, 1.165) is 17.3 Å². The molecule has 1 saturated heterocycles. The molecule has 0 N–H and O–H groups in total. The van der Waals surface area contributed by atoms with Crippen LogP contribution in [0.2, 0.25) is 0 Å². The first kappa shape index (κ1) is 16.2. The molecule has 1 amide bonds. The first-order valence-corrected chi connectivity index (χ1v) is 6.46. The number of nitrogens with zero attached hydrogens (tertiary/aromatic N) is 3. The van der Waals surface area contributed by atoms with Crippen LogP contribution in [0, 0.1) is 5.82 Å². The van der Waals surface area contributed by atoms with Crippen molar-refractivity contribution < 1.29 is 31.8 Å². The van der Waals surface area contributed by atoms with Crippen LogP contribution in [0.25, 0.3) is 0 Å². The van der Waals surface area contributed by atoms with Crippen LogP contribution in [0.5, 0.6) is 6.01 Å². The van der Waals surface area contributed by atoms with E-state index in [2.05, 4.69) is 14.7 Å². The van der Waals surface area contributed by atoms with E-state index in [4.69, 9.17) is 4.74 Å². The number of amides is 1. The molecule has 0 bridgehead atoms. The average Bonchev–Trinajstić information content (AvgIpc) is 2.47. The van der Waals surface area contributed by atoms with Crippen LogP contribution in [0.3, 0.4) is 0 Å². The summed E-state index contributed by atoms with van der Waals surface area (Å²) in [5, 5.41) is 0. The van der Waals surface area contributed by atoms with Crippen LogP contribution in [0.15, 0.2) is 12.4 Å². The molecule has 1 aliphatic rings. The molecular formula is C12H13F4N3O3. The molecule has 1 aliphatic heterocycles. The van der Waals surface area contributed by atoms with Crippen LogP contribution < -0.4 is 4.74 Å². The quantitative estimate of drug-likeness (QED) is 0.798. The second kappa shape index (κ2) is 6.75. The van der Waals surface area contributed by atoms with E-state index in [1.54, 1.807) is 0 Å². The van der Waals surface area contributed by atoms with E-state index in [9.17, 15) is 22.4 Å². The lowest BCUT2D eigenvalue weighted by atomic mass is 10.1. The van der Waals surface area contributed by atoms with Crippen LogP contribution in [-0.2, 0) is 4.74 Å². The highest BCUT2D eigenvalue weighted by Gasteiger charge is 2.32. The highest BCUT2D eigenvalue weighted by atomic mass is 19.4. The Balaban J connectivity index is 1.85. The summed E-state index contributed by atoms with van der Waals surface area (Å²) in [6.45, 7) is -1.30. The predicted molar refractivity (Wildman–Crippen MR) is 64.6 cm³/mol. The Morgan fingerprint density at radius 2 is 2.05 bits per heavy atom. The fourth-order valence-electron chi connectivity index (χ4n) is 1.95. The van der Waals surface area contributed by atoms with Gasteiger partial charge in [-0.25, -0.2) is 19.2 Å². The summed E-state index contributed by atoms with van der Waals surface area (Å²) in [4.78, 5) is 19.9. The first-order valence-electron chi connectivity index (χ1n) is 6.46. The summed E-state index contributed by atoms with van der Waals surface area (Å²) in [5.74, 6) is -0.617. The van der Waals surface area contributed by atoms with Gasteiger partial charge in [0.1, 0.15) is 6.10 Å². The number of halogens is 4. The normalized spacial score (nSPS) is 18.9. The van der Waals surface area contributed by atoms with E-state index < -0.39 is 30.8 Å². The Morgan fingerprint density at radius 3 is 2.68 bits per heavy atom. The molecule has 0 spiro atoms. The molecule has 122 valence electrons. The van der Waals surface area contributed by atoms with Crippen molar-refractivity contribution in [3.05, 3.63) is 18.2 Å². The number of rotatable bonds is 3. The van der Waals surface area contributed by atoms with Crippen molar-refractivity contribution in [2.75, 3.05) is 19.7 Å². The molecule has 1 atom stereocenters. The molecule has 10 heteroatoms. The molecule has 0 aromatic carbocycles. The average molecular weight is 323 g/mol. The molecule has 1 unspecified atom stereocenters. The zero-order valence-electron chi connectivity index (χ0n) is 11.3. The zero-order chi connectivity index (χ0) is 16.2. The highest BCUT2D eigenvalue weighted by Crippen LogP contribution is 2.18. The summed E-state index contributed by atoms with van der Waals surface area (Å²) in [5.41, 5.74) is 0. The molecule has 6 nitrogen and oxygen atoms in total. The third kappa shape index (κ3) is 5.01. The summed E-state index contributed by atoms with van der Waals surface area (Å²) in [6.07, 6.45) is -3.13. The maximum atomic E-state index is 12.7. The second-order valence-electron chi connectivity index (χ2n) is 4.68. The number of aromatic nitrogens is 2.